The van der Waals surface area contributed by atoms with Crippen LogP contribution in [0.5, 0.6) is 11.5 Å². The zero-order chi connectivity index (χ0) is 15.5. The first-order chi connectivity index (χ1) is 9.85. The van der Waals surface area contributed by atoms with E-state index in [1.54, 1.807) is 12.1 Å². The third-order valence-corrected chi connectivity index (χ3v) is 3.11. The molecule has 0 fully saturated rings. The van der Waals surface area contributed by atoms with E-state index in [2.05, 4.69) is 4.74 Å². The lowest BCUT2D eigenvalue weighted by Gasteiger charge is -2.12. The van der Waals surface area contributed by atoms with Crippen molar-refractivity contribution >= 4 is 0 Å². The minimum atomic E-state index is -4.67. The molecule has 0 atom stereocenters. The second-order valence-electron chi connectivity index (χ2n) is 4.68. The van der Waals surface area contributed by atoms with Gasteiger partial charge in [0.25, 0.3) is 0 Å². The van der Waals surface area contributed by atoms with Gasteiger partial charge in [-0.25, -0.2) is 0 Å². The van der Waals surface area contributed by atoms with E-state index in [9.17, 15) is 13.2 Å². The Morgan fingerprint density at radius 1 is 0.952 bits per heavy atom. The Bertz CT molecular complexity index is 604. The van der Waals surface area contributed by atoms with Gasteiger partial charge in [-0.15, -0.1) is 13.2 Å². The van der Waals surface area contributed by atoms with Gasteiger partial charge in [-0.1, -0.05) is 24.3 Å². The maximum Gasteiger partial charge on any atom is 0.573 e. The Hall–Kier alpha value is -2.17. The first-order valence-electron chi connectivity index (χ1n) is 6.39. The molecule has 0 aromatic heterocycles. The van der Waals surface area contributed by atoms with E-state index in [0.717, 1.165) is 22.4 Å². The number of hydrogen-bond acceptors (Lipinski definition) is 2. The molecule has 2 rings (SSSR count). The molecule has 2 nitrogen and oxygen atoms in total. The van der Waals surface area contributed by atoms with Crippen molar-refractivity contribution in [3.8, 4) is 11.5 Å². The van der Waals surface area contributed by atoms with E-state index >= 15 is 0 Å². The third kappa shape index (κ3) is 4.41. The molecule has 0 heterocycles. The normalized spacial score (nSPS) is 11.3. The Kier molecular flexibility index (Phi) is 4.40. The Balaban J connectivity index is 1.99. The van der Waals surface area contributed by atoms with E-state index in [1.807, 2.05) is 32.0 Å². The molecule has 0 bridgehead atoms. The van der Waals surface area contributed by atoms with Crippen LogP contribution in [0.3, 0.4) is 0 Å². The molecule has 2 aromatic carbocycles. The van der Waals surface area contributed by atoms with Crippen LogP contribution in [-0.2, 0) is 6.61 Å². The van der Waals surface area contributed by atoms with Crippen LogP contribution in [0.25, 0.3) is 0 Å². The molecule has 0 aliphatic carbocycles. The van der Waals surface area contributed by atoms with Gasteiger partial charge in [0, 0.05) is 0 Å². The smallest absolute Gasteiger partial charge is 0.489 e. The summed E-state index contributed by atoms with van der Waals surface area (Å²) in [6.07, 6.45) is -4.67. The predicted molar refractivity (Wildman–Crippen MR) is 73.4 cm³/mol. The van der Waals surface area contributed by atoms with Crippen LogP contribution in [0, 0.1) is 13.8 Å². The summed E-state index contributed by atoms with van der Waals surface area (Å²) in [5.74, 6) is 0.531. The highest BCUT2D eigenvalue weighted by Gasteiger charge is 2.30. The molecule has 2 aromatic rings. The fourth-order valence-corrected chi connectivity index (χ4v) is 1.83. The molecule has 5 heteroatoms. The van der Waals surface area contributed by atoms with Gasteiger partial charge in [0.15, 0.2) is 0 Å². The van der Waals surface area contributed by atoms with Gasteiger partial charge in [0.2, 0.25) is 0 Å². The summed E-state index contributed by atoms with van der Waals surface area (Å²) in [7, 11) is 0. The third-order valence-electron chi connectivity index (χ3n) is 3.11. The van der Waals surface area contributed by atoms with Crippen molar-refractivity contribution in [2.45, 2.75) is 26.8 Å². The molecule has 21 heavy (non-hydrogen) atoms. The summed E-state index contributed by atoms with van der Waals surface area (Å²) in [5, 5.41) is 0. The minimum Gasteiger partial charge on any atom is -0.489 e. The number of aryl methyl sites for hydroxylation is 1. The summed E-state index contributed by atoms with van der Waals surface area (Å²) < 4.78 is 45.6. The van der Waals surface area contributed by atoms with Crippen molar-refractivity contribution in [1.82, 2.24) is 0 Å². The quantitative estimate of drug-likeness (QED) is 0.808. The molecule has 0 amide bonds. The van der Waals surface area contributed by atoms with E-state index in [-0.39, 0.29) is 12.4 Å². The Labute approximate surface area is 121 Å². The summed E-state index contributed by atoms with van der Waals surface area (Å²) in [4.78, 5) is 0. The molecule has 0 N–H and O–H groups in total. The largest absolute Gasteiger partial charge is 0.573 e. The molecule has 112 valence electrons. The zero-order valence-corrected chi connectivity index (χ0v) is 11.7. The number of ether oxygens (including phenoxy) is 2. The van der Waals surface area contributed by atoms with Gasteiger partial charge in [-0.05, 0) is 48.7 Å². The molecule has 0 spiro atoms. The summed E-state index contributed by atoms with van der Waals surface area (Å²) in [5.41, 5.74) is 2.95. The minimum absolute atomic E-state index is 0.238. The maximum atomic E-state index is 12.0. The van der Waals surface area contributed by atoms with Crippen molar-refractivity contribution in [2.75, 3.05) is 0 Å². The monoisotopic (exact) mass is 296 g/mol. The Morgan fingerprint density at radius 2 is 1.62 bits per heavy atom. The van der Waals surface area contributed by atoms with Crippen molar-refractivity contribution < 1.29 is 22.6 Å². The fourth-order valence-electron chi connectivity index (χ4n) is 1.83. The van der Waals surface area contributed by atoms with Crippen LogP contribution >= 0.6 is 0 Å². The number of rotatable bonds is 4. The first kappa shape index (κ1) is 15.2. The van der Waals surface area contributed by atoms with Gasteiger partial charge in [-0.3, -0.25) is 0 Å². The summed E-state index contributed by atoms with van der Waals surface area (Å²) >= 11 is 0. The molecule has 0 saturated heterocycles. The molecule has 0 radical (unpaired) electrons. The number of benzene rings is 2. The fraction of sp³-hybridized carbons (Fsp3) is 0.250. The van der Waals surface area contributed by atoms with Gasteiger partial charge >= 0.3 is 6.36 Å². The topological polar surface area (TPSA) is 18.5 Å². The summed E-state index contributed by atoms with van der Waals surface area (Å²) in [6, 6.07) is 11.4. The molecule has 0 saturated carbocycles. The highest BCUT2D eigenvalue weighted by Crippen LogP contribution is 2.24. The predicted octanol–water partition coefficient (Wildman–Crippen LogP) is 4.78. The van der Waals surface area contributed by atoms with Crippen LogP contribution in [0.2, 0.25) is 0 Å². The number of hydrogen-bond donors (Lipinski definition) is 0. The van der Waals surface area contributed by atoms with E-state index in [4.69, 9.17) is 4.74 Å². The van der Waals surface area contributed by atoms with E-state index in [1.165, 1.54) is 12.1 Å². The van der Waals surface area contributed by atoms with Crippen molar-refractivity contribution in [2.24, 2.45) is 0 Å². The van der Waals surface area contributed by atoms with Crippen molar-refractivity contribution in [3.05, 3.63) is 59.2 Å². The van der Waals surface area contributed by atoms with Crippen LogP contribution < -0.4 is 9.47 Å². The molecular formula is C16H15F3O2. The van der Waals surface area contributed by atoms with Crippen LogP contribution in [0.15, 0.2) is 42.5 Å². The second kappa shape index (κ2) is 6.08. The van der Waals surface area contributed by atoms with Gasteiger partial charge in [-0.2, -0.15) is 0 Å². The van der Waals surface area contributed by atoms with E-state index in [0.29, 0.717) is 0 Å². The van der Waals surface area contributed by atoms with Crippen molar-refractivity contribution in [3.63, 3.8) is 0 Å². The van der Waals surface area contributed by atoms with Crippen LogP contribution in [0.4, 0.5) is 13.2 Å². The van der Waals surface area contributed by atoms with Crippen LogP contribution in [-0.4, -0.2) is 6.36 Å². The van der Waals surface area contributed by atoms with Gasteiger partial charge in [0.05, 0.1) is 0 Å². The lowest BCUT2D eigenvalue weighted by Crippen LogP contribution is -2.17. The highest BCUT2D eigenvalue weighted by molar-refractivity contribution is 5.38. The molecule has 0 aliphatic rings. The van der Waals surface area contributed by atoms with Gasteiger partial charge in [0.1, 0.15) is 18.1 Å². The molecule has 0 unspecified atom stereocenters. The van der Waals surface area contributed by atoms with Crippen molar-refractivity contribution in [1.29, 1.82) is 0 Å². The summed E-state index contributed by atoms with van der Waals surface area (Å²) in [6.45, 7) is 4.24. The molecule has 0 aliphatic heterocycles. The SMILES string of the molecule is Cc1cccc(OCc2ccc(OC(F)(F)F)cc2)c1C. The molecular weight excluding hydrogens is 281 g/mol. The second-order valence-corrected chi connectivity index (χ2v) is 4.68. The lowest BCUT2D eigenvalue weighted by atomic mass is 10.1. The maximum absolute atomic E-state index is 12.0. The average Bonchev–Trinajstić information content (AvgIpc) is 2.40. The lowest BCUT2D eigenvalue weighted by molar-refractivity contribution is -0.274. The van der Waals surface area contributed by atoms with Gasteiger partial charge < -0.3 is 9.47 Å². The number of halogens is 3. The average molecular weight is 296 g/mol. The zero-order valence-electron chi connectivity index (χ0n) is 11.7. The standard InChI is InChI=1S/C16H15F3O2/c1-11-4-3-5-15(12(11)2)20-10-13-6-8-14(9-7-13)21-16(17,18)19/h3-9H,10H2,1-2H3. The first-order valence-corrected chi connectivity index (χ1v) is 6.39. The Morgan fingerprint density at radius 3 is 2.24 bits per heavy atom. The van der Waals surface area contributed by atoms with E-state index < -0.39 is 6.36 Å². The number of alkyl halides is 3. The highest BCUT2D eigenvalue weighted by atomic mass is 19.4. The van der Waals surface area contributed by atoms with Crippen LogP contribution in [0.1, 0.15) is 16.7 Å².